The molecule has 22 heavy (non-hydrogen) atoms. The van der Waals surface area contributed by atoms with Crippen molar-refractivity contribution in [3.8, 4) is 12.3 Å². The summed E-state index contributed by atoms with van der Waals surface area (Å²) in [5.74, 6) is 2.15. The number of alkyl halides is 3. The van der Waals surface area contributed by atoms with Crippen LogP contribution in [0.15, 0.2) is 18.2 Å². The number of carbonyl (C=O) groups excluding carboxylic acids is 1. The Balaban J connectivity index is 3.14. The zero-order chi connectivity index (χ0) is 17.1. The van der Waals surface area contributed by atoms with Gasteiger partial charge in [0.25, 0.3) is 0 Å². The summed E-state index contributed by atoms with van der Waals surface area (Å²) in [6, 6.07) is 1.91. The molecule has 1 aromatic carbocycles. The zero-order valence-electron chi connectivity index (χ0n) is 12.4. The number of carbonyl (C=O) groups is 1. The Morgan fingerprint density at radius 2 is 1.91 bits per heavy atom. The van der Waals surface area contributed by atoms with Gasteiger partial charge in [0.15, 0.2) is 0 Å². The standard InChI is InChI=1S/C15H17F3N2O2/c1-5-12(19)9-6-10(15(16,17)18)8-11(7-9)20-13(21)22-14(2,3)4/h1,6-8,12H,19H2,2-4H3,(H,20,21)/t12-/m1/s1. The third-order valence-electron chi connectivity index (χ3n) is 2.47. The molecule has 1 atom stereocenters. The normalized spacial score (nSPS) is 13.2. The lowest BCUT2D eigenvalue weighted by atomic mass is 10.0. The van der Waals surface area contributed by atoms with Crippen molar-refractivity contribution in [2.24, 2.45) is 5.73 Å². The molecule has 0 aliphatic rings. The minimum atomic E-state index is -4.59. The van der Waals surface area contributed by atoms with Gasteiger partial charge in [-0.15, -0.1) is 6.42 Å². The van der Waals surface area contributed by atoms with E-state index in [2.05, 4.69) is 11.2 Å². The minimum absolute atomic E-state index is 0.0726. The largest absolute Gasteiger partial charge is 0.444 e. The summed E-state index contributed by atoms with van der Waals surface area (Å²) < 4.78 is 43.7. The molecular formula is C15H17F3N2O2. The van der Waals surface area contributed by atoms with E-state index in [0.717, 1.165) is 12.1 Å². The van der Waals surface area contributed by atoms with E-state index in [1.807, 2.05) is 0 Å². The molecule has 120 valence electrons. The molecular weight excluding hydrogens is 297 g/mol. The highest BCUT2D eigenvalue weighted by Crippen LogP contribution is 2.33. The molecule has 1 rings (SSSR count). The van der Waals surface area contributed by atoms with Crippen molar-refractivity contribution in [1.29, 1.82) is 0 Å². The van der Waals surface area contributed by atoms with E-state index >= 15 is 0 Å². The summed E-state index contributed by atoms with van der Waals surface area (Å²) in [5, 5.41) is 2.25. The number of ether oxygens (including phenoxy) is 1. The van der Waals surface area contributed by atoms with Gasteiger partial charge in [-0.05, 0) is 44.5 Å². The highest BCUT2D eigenvalue weighted by atomic mass is 19.4. The van der Waals surface area contributed by atoms with Crippen LogP contribution < -0.4 is 11.1 Å². The lowest BCUT2D eigenvalue weighted by Crippen LogP contribution is -2.27. The molecule has 0 bridgehead atoms. The summed E-state index contributed by atoms with van der Waals surface area (Å²) in [5.41, 5.74) is 3.81. The maximum Gasteiger partial charge on any atom is 0.416 e. The molecule has 1 aromatic rings. The topological polar surface area (TPSA) is 64.3 Å². The SMILES string of the molecule is C#C[C@@H](N)c1cc(NC(=O)OC(C)(C)C)cc(C(F)(F)F)c1. The van der Waals surface area contributed by atoms with Crippen LogP contribution in [0.4, 0.5) is 23.7 Å². The fourth-order valence-electron chi connectivity index (χ4n) is 1.58. The molecule has 4 nitrogen and oxygen atoms in total. The third-order valence-corrected chi connectivity index (χ3v) is 2.47. The maximum absolute atomic E-state index is 12.9. The second-order valence-electron chi connectivity index (χ2n) is 5.61. The predicted octanol–water partition coefficient (Wildman–Crippen LogP) is 3.69. The summed E-state index contributed by atoms with van der Waals surface area (Å²) >= 11 is 0. The first kappa shape index (κ1) is 17.9. The van der Waals surface area contributed by atoms with Crippen LogP contribution in [0.5, 0.6) is 0 Å². The Kier molecular flexibility index (Phi) is 5.09. The van der Waals surface area contributed by atoms with Gasteiger partial charge in [-0.3, -0.25) is 5.32 Å². The van der Waals surface area contributed by atoms with Gasteiger partial charge in [-0.25, -0.2) is 4.79 Å². The molecule has 1 amide bonds. The average Bonchev–Trinajstić information content (AvgIpc) is 2.33. The molecule has 0 saturated carbocycles. The molecule has 0 aliphatic carbocycles. The van der Waals surface area contributed by atoms with Crippen LogP contribution in [0.3, 0.4) is 0 Å². The molecule has 0 radical (unpaired) electrons. The van der Waals surface area contributed by atoms with Crippen molar-refractivity contribution in [1.82, 2.24) is 0 Å². The van der Waals surface area contributed by atoms with Crippen LogP contribution in [0.1, 0.15) is 37.9 Å². The molecule has 0 heterocycles. The fourth-order valence-corrected chi connectivity index (χ4v) is 1.58. The molecule has 7 heteroatoms. The minimum Gasteiger partial charge on any atom is -0.444 e. The van der Waals surface area contributed by atoms with Crippen molar-refractivity contribution in [2.75, 3.05) is 5.32 Å². The van der Waals surface area contributed by atoms with Crippen LogP contribution in [-0.2, 0) is 10.9 Å². The number of halogens is 3. The quantitative estimate of drug-likeness (QED) is 0.818. The number of hydrogen-bond acceptors (Lipinski definition) is 3. The Morgan fingerprint density at radius 1 is 1.32 bits per heavy atom. The molecule has 0 unspecified atom stereocenters. The summed E-state index contributed by atoms with van der Waals surface area (Å²) in [7, 11) is 0. The highest BCUT2D eigenvalue weighted by Gasteiger charge is 2.32. The van der Waals surface area contributed by atoms with Gasteiger partial charge >= 0.3 is 12.3 Å². The van der Waals surface area contributed by atoms with Gasteiger partial charge in [-0.2, -0.15) is 13.2 Å². The lowest BCUT2D eigenvalue weighted by Gasteiger charge is -2.20. The molecule has 0 aromatic heterocycles. The van der Waals surface area contributed by atoms with Crippen molar-refractivity contribution in [3.63, 3.8) is 0 Å². The van der Waals surface area contributed by atoms with E-state index in [9.17, 15) is 18.0 Å². The smallest absolute Gasteiger partial charge is 0.416 e. The van der Waals surface area contributed by atoms with Gasteiger partial charge in [0.1, 0.15) is 5.60 Å². The number of nitrogens with two attached hydrogens (primary N) is 1. The Hall–Kier alpha value is -2.20. The molecule has 3 N–H and O–H groups in total. The van der Waals surface area contributed by atoms with Crippen molar-refractivity contribution in [3.05, 3.63) is 29.3 Å². The van der Waals surface area contributed by atoms with E-state index in [4.69, 9.17) is 16.9 Å². The second kappa shape index (κ2) is 6.28. The van der Waals surface area contributed by atoms with Crippen LogP contribution in [0.2, 0.25) is 0 Å². The Morgan fingerprint density at radius 3 is 2.36 bits per heavy atom. The van der Waals surface area contributed by atoms with E-state index in [1.54, 1.807) is 20.8 Å². The van der Waals surface area contributed by atoms with Gasteiger partial charge < -0.3 is 10.5 Å². The Labute approximate surface area is 126 Å². The van der Waals surface area contributed by atoms with Crippen LogP contribution in [0.25, 0.3) is 0 Å². The van der Waals surface area contributed by atoms with Crippen molar-refractivity contribution >= 4 is 11.8 Å². The van der Waals surface area contributed by atoms with Gasteiger partial charge in [-0.1, -0.05) is 5.92 Å². The second-order valence-corrected chi connectivity index (χ2v) is 5.61. The number of nitrogens with one attached hydrogen (secondary N) is 1. The maximum atomic E-state index is 12.9. The number of benzene rings is 1. The highest BCUT2D eigenvalue weighted by molar-refractivity contribution is 5.85. The fraction of sp³-hybridized carbons (Fsp3) is 0.400. The first-order valence-corrected chi connectivity index (χ1v) is 6.36. The first-order valence-electron chi connectivity index (χ1n) is 6.36. The summed E-state index contributed by atoms with van der Waals surface area (Å²) in [6.45, 7) is 4.91. The third kappa shape index (κ3) is 5.30. The number of rotatable bonds is 2. The van der Waals surface area contributed by atoms with E-state index in [0.29, 0.717) is 0 Å². The van der Waals surface area contributed by atoms with Gasteiger partial charge in [0, 0.05) is 5.69 Å². The van der Waals surface area contributed by atoms with Gasteiger partial charge in [0.2, 0.25) is 0 Å². The van der Waals surface area contributed by atoms with Crippen LogP contribution in [0, 0.1) is 12.3 Å². The van der Waals surface area contributed by atoms with Gasteiger partial charge in [0.05, 0.1) is 11.6 Å². The zero-order valence-corrected chi connectivity index (χ0v) is 12.4. The predicted molar refractivity (Wildman–Crippen MR) is 77.1 cm³/mol. The molecule has 0 aliphatic heterocycles. The number of hydrogen-bond donors (Lipinski definition) is 2. The van der Waals surface area contributed by atoms with E-state index in [-0.39, 0.29) is 11.3 Å². The number of amides is 1. The Bertz CT molecular complexity index is 598. The van der Waals surface area contributed by atoms with Crippen LogP contribution >= 0.6 is 0 Å². The van der Waals surface area contributed by atoms with E-state index < -0.39 is 29.5 Å². The van der Waals surface area contributed by atoms with E-state index in [1.165, 1.54) is 6.07 Å². The number of terminal acetylenes is 1. The van der Waals surface area contributed by atoms with Crippen LogP contribution in [-0.4, -0.2) is 11.7 Å². The summed E-state index contributed by atoms with van der Waals surface area (Å²) in [4.78, 5) is 11.7. The average molecular weight is 314 g/mol. The first-order chi connectivity index (χ1) is 9.92. The molecule has 0 fully saturated rings. The summed E-state index contributed by atoms with van der Waals surface area (Å²) in [6.07, 6.45) is -0.328. The number of anilines is 1. The molecule has 0 saturated heterocycles. The van der Waals surface area contributed by atoms with Crippen molar-refractivity contribution in [2.45, 2.75) is 38.6 Å². The monoisotopic (exact) mass is 314 g/mol. The molecule has 0 spiro atoms. The lowest BCUT2D eigenvalue weighted by molar-refractivity contribution is -0.137. The van der Waals surface area contributed by atoms with Crippen molar-refractivity contribution < 1.29 is 22.7 Å².